The highest BCUT2D eigenvalue weighted by atomic mass is 19.1. The molecule has 1 aromatic rings. The van der Waals surface area contributed by atoms with Gasteiger partial charge < -0.3 is 15.1 Å². The summed E-state index contributed by atoms with van der Waals surface area (Å²) in [5.74, 6) is -0.294. The van der Waals surface area contributed by atoms with Crippen LogP contribution >= 0.6 is 0 Å². The molecule has 0 saturated heterocycles. The molecule has 2 N–H and O–H groups in total. The molecule has 0 fully saturated rings. The Balaban J connectivity index is 2.03. The first-order valence-corrected chi connectivity index (χ1v) is 5.37. The smallest absolute Gasteiger partial charge is 0.188 e. The van der Waals surface area contributed by atoms with Crippen LogP contribution in [0.4, 0.5) is 4.39 Å². The van der Waals surface area contributed by atoms with Crippen molar-refractivity contribution in [3.05, 3.63) is 35.6 Å². The maximum absolute atomic E-state index is 13.0. The highest BCUT2D eigenvalue weighted by Crippen LogP contribution is 2.24. The number of benzene rings is 1. The summed E-state index contributed by atoms with van der Waals surface area (Å²) in [6.07, 6.45) is 0.815. The number of rotatable bonds is 4. The molecule has 1 aliphatic rings. The Morgan fingerprint density at radius 1 is 1.35 bits per heavy atom. The number of nitrogens with zero attached hydrogens (tertiary/aromatic N) is 1. The van der Waals surface area contributed by atoms with Crippen molar-refractivity contribution >= 4 is 5.71 Å². The highest BCUT2D eigenvalue weighted by Gasteiger charge is 2.37. The number of aliphatic hydroxyl groups excluding tert-OH is 2. The van der Waals surface area contributed by atoms with E-state index in [0.717, 1.165) is 5.56 Å². The Bertz CT molecular complexity index is 430. The number of oxime groups is 1. The lowest BCUT2D eigenvalue weighted by atomic mass is 9.96. The SMILES string of the molecule is OCC1(CO)CC(Cc2cccc(F)c2)=NO1. The van der Waals surface area contributed by atoms with E-state index in [1.165, 1.54) is 12.1 Å². The first-order chi connectivity index (χ1) is 8.17. The van der Waals surface area contributed by atoms with Gasteiger partial charge in [0.05, 0.1) is 18.9 Å². The van der Waals surface area contributed by atoms with Gasteiger partial charge in [-0.1, -0.05) is 17.3 Å². The molecule has 0 saturated carbocycles. The van der Waals surface area contributed by atoms with Gasteiger partial charge in [0.15, 0.2) is 5.60 Å². The van der Waals surface area contributed by atoms with Crippen molar-refractivity contribution in [3.8, 4) is 0 Å². The third kappa shape index (κ3) is 2.62. The van der Waals surface area contributed by atoms with Crippen LogP contribution in [-0.2, 0) is 11.3 Å². The lowest BCUT2D eigenvalue weighted by molar-refractivity contribution is -0.0878. The molecular weight excluding hydrogens is 225 g/mol. The first-order valence-electron chi connectivity index (χ1n) is 5.37. The van der Waals surface area contributed by atoms with E-state index in [-0.39, 0.29) is 19.0 Å². The number of hydrogen-bond donors (Lipinski definition) is 2. The molecule has 1 aliphatic heterocycles. The van der Waals surface area contributed by atoms with Gasteiger partial charge in [0, 0.05) is 12.8 Å². The fraction of sp³-hybridized carbons (Fsp3) is 0.417. The summed E-state index contributed by atoms with van der Waals surface area (Å²) in [6.45, 7) is -0.584. The second-order valence-electron chi connectivity index (χ2n) is 4.23. The normalized spacial score (nSPS) is 17.7. The molecule has 2 rings (SSSR count). The Hall–Kier alpha value is -1.46. The van der Waals surface area contributed by atoms with Crippen molar-refractivity contribution in [3.63, 3.8) is 0 Å². The van der Waals surface area contributed by atoms with Crippen molar-refractivity contribution in [2.24, 2.45) is 5.16 Å². The van der Waals surface area contributed by atoms with Crippen LogP contribution in [0.5, 0.6) is 0 Å². The molecule has 4 nitrogen and oxygen atoms in total. The molecule has 5 heteroatoms. The van der Waals surface area contributed by atoms with Gasteiger partial charge in [0.2, 0.25) is 0 Å². The predicted octanol–water partition coefficient (Wildman–Crippen LogP) is 0.868. The first kappa shape index (κ1) is 12.0. The molecule has 1 aromatic carbocycles. The summed E-state index contributed by atoms with van der Waals surface area (Å²) in [4.78, 5) is 5.05. The fourth-order valence-electron chi connectivity index (χ4n) is 1.79. The Labute approximate surface area is 98.3 Å². The second-order valence-corrected chi connectivity index (χ2v) is 4.23. The van der Waals surface area contributed by atoms with Gasteiger partial charge >= 0.3 is 0 Å². The van der Waals surface area contributed by atoms with Crippen LogP contribution in [0.2, 0.25) is 0 Å². The molecule has 0 atom stereocenters. The van der Waals surface area contributed by atoms with Crippen LogP contribution < -0.4 is 0 Å². The minimum absolute atomic E-state index is 0.292. The van der Waals surface area contributed by atoms with E-state index in [1.807, 2.05) is 0 Å². The van der Waals surface area contributed by atoms with Crippen LogP contribution in [-0.4, -0.2) is 34.7 Å². The van der Waals surface area contributed by atoms with E-state index in [9.17, 15) is 4.39 Å². The van der Waals surface area contributed by atoms with Crippen molar-refractivity contribution in [2.45, 2.75) is 18.4 Å². The van der Waals surface area contributed by atoms with E-state index in [0.29, 0.717) is 18.6 Å². The summed E-state index contributed by atoms with van der Waals surface area (Å²) in [5, 5.41) is 22.1. The van der Waals surface area contributed by atoms with Crippen LogP contribution in [0.15, 0.2) is 29.4 Å². The summed E-state index contributed by atoms with van der Waals surface area (Å²) >= 11 is 0. The highest BCUT2D eigenvalue weighted by molar-refractivity contribution is 5.88. The van der Waals surface area contributed by atoms with Gasteiger partial charge in [-0.25, -0.2) is 4.39 Å². The summed E-state index contributed by atoms with van der Waals surface area (Å²) in [5.41, 5.74) is 0.473. The average molecular weight is 239 g/mol. The van der Waals surface area contributed by atoms with Gasteiger partial charge in [-0.15, -0.1) is 0 Å². The Morgan fingerprint density at radius 2 is 2.12 bits per heavy atom. The molecule has 0 spiro atoms. The largest absolute Gasteiger partial charge is 0.392 e. The van der Waals surface area contributed by atoms with Gasteiger partial charge in [0.1, 0.15) is 5.82 Å². The molecule has 0 bridgehead atoms. The van der Waals surface area contributed by atoms with E-state index in [1.54, 1.807) is 12.1 Å². The van der Waals surface area contributed by atoms with Crippen LogP contribution in [0, 0.1) is 5.82 Å². The number of hydrogen-bond acceptors (Lipinski definition) is 4. The van der Waals surface area contributed by atoms with E-state index >= 15 is 0 Å². The van der Waals surface area contributed by atoms with E-state index in [4.69, 9.17) is 15.1 Å². The molecular formula is C12H14FNO3. The van der Waals surface area contributed by atoms with Gasteiger partial charge in [0.25, 0.3) is 0 Å². The lowest BCUT2D eigenvalue weighted by Gasteiger charge is -2.20. The average Bonchev–Trinajstić information content (AvgIpc) is 2.73. The van der Waals surface area contributed by atoms with Gasteiger partial charge in [-0.05, 0) is 17.7 Å². The zero-order valence-corrected chi connectivity index (χ0v) is 9.27. The van der Waals surface area contributed by atoms with E-state index in [2.05, 4.69) is 5.16 Å². The molecule has 0 unspecified atom stereocenters. The van der Waals surface area contributed by atoms with E-state index < -0.39 is 5.60 Å². The Kier molecular flexibility index (Phi) is 3.40. The minimum atomic E-state index is -1.01. The minimum Gasteiger partial charge on any atom is -0.392 e. The second kappa shape index (κ2) is 4.81. The zero-order chi connectivity index (χ0) is 12.3. The maximum atomic E-state index is 13.0. The Morgan fingerprint density at radius 3 is 2.71 bits per heavy atom. The lowest BCUT2D eigenvalue weighted by Crippen LogP contribution is -2.37. The number of halogens is 1. The maximum Gasteiger partial charge on any atom is 0.188 e. The molecule has 0 amide bonds. The van der Waals surface area contributed by atoms with Crippen molar-refractivity contribution in [1.82, 2.24) is 0 Å². The van der Waals surface area contributed by atoms with Crippen LogP contribution in [0.1, 0.15) is 12.0 Å². The zero-order valence-electron chi connectivity index (χ0n) is 9.27. The van der Waals surface area contributed by atoms with Gasteiger partial charge in [-0.3, -0.25) is 0 Å². The van der Waals surface area contributed by atoms with Crippen LogP contribution in [0.3, 0.4) is 0 Å². The summed E-state index contributed by atoms with van der Waals surface area (Å²) < 4.78 is 13.0. The standard InChI is InChI=1S/C12H14FNO3/c13-10-3-1-2-9(4-10)5-11-6-12(7-15,8-16)17-14-11/h1-4,15-16H,5-8H2. The van der Waals surface area contributed by atoms with Crippen molar-refractivity contribution in [1.29, 1.82) is 0 Å². The monoisotopic (exact) mass is 239 g/mol. The predicted molar refractivity (Wildman–Crippen MR) is 60.1 cm³/mol. The van der Waals surface area contributed by atoms with Gasteiger partial charge in [-0.2, -0.15) is 0 Å². The molecule has 0 aromatic heterocycles. The quantitative estimate of drug-likeness (QED) is 0.819. The molecule has 0 aliphatic carbocycles. The fourth-order valence-corrected chi connectivity index (χ4v) is 1.79. The number of aliphatic hydroxyl groups is 2. The molecule has 1 heterocycles. The van der Waals surface area contributed by atoms with Crippen molar-refractivity contribution in [2.75, 3.05) is 13.2 Å². The third-order valence-electron chi connectivity index (χ3n) is 2.77. The summed E-state index contributed by atoms with van der Waals surface area (Å²) in [7, 11) is 0. The van der Waals surface area contributed by atoms with Crippen molar-refractivity contribution < 1.29 is 19.4 Å². The molecule has 92 valence electrons. The molecule has 17 heavy (non-hydrogen) atoms. The summed E-state index contributed by atoms with van der Waals surface area (Å²) in [6, 6.07) is 6.23. The molecule has 0 radical (unpaired) electrons. The van der Waals surface area contributed by atoms with Crippen LogP contribution in [0.25, 0.3) is 0 Å². The third-order valence-corrected chi connectivity index (χ3v) is 2.77. The topological polar surface area (TPSA) is 62.0 Å².